The molecule has 3 nitrogen and oxygen atoms in total. The number of rotatable bonds is 3. The van der Waals surface area contributed by atoms with Crippen LogP contribution < -0.4 is 4.72 Å². The van der Waals surface area contributed by atoms with Crippen molar-refractivity contribution in [2.45, 2.75) is 18.7 Å². The minimum absolute atomic E-state index is 0.247. The van der Waals surface area contributed by atoms with E-state index in [4.69, 9.17) is 0 Å². The van der Waals surface area contributed by atoms with Crippen molar-refractivity contribution in [2.75, 3.05) is 4.72 Å². The molecular formula is C14H14BrNO2S. The molecule has 0 aliphatic heterocycles. The number of halogens is 1. The van der Waals surface area contributed by atoms with Gasteiger partial charge in [-0.3, -0.25) is 4.72 Å². The van der Waals surface area contributed by atoms with Crippen molar-refractivity contribution >= 4 is 31.6 Å². The third-order valence-corrected chi connectivity index (χ3v) is 4.88. The molecule has 0 amide bonds. The molecule has 0 fully saturated rings. The zero-order chi connectivity index (χ0) is 14.0. The van der Waals surface area contributed by atoms with Crippen LogP contribution in [0.25, 0.3) is 0 Å². The lowest BCUT2D eigenvalue weighted by Gasteiger charge is -2.12. The number of nitrogens with one attached hydrogen (secondary N) is 1. The standard InChI is InChI=1S/C14H14BrNO2S/c1-10-4-3-5-14(11(10)2)16-19(17,18)13-8-6-12(15)7-9-13/h3-9,16H,1-2H3. The van der Waals surface area contributed by atoms with Crippen molar-refractivity contribution in [3.05, 3.63) is 58.1 Å². The second-order valence-corrected chi connectivity index (χ2v) is 6.90. The molecule has 0 atom stereocenters. The molecule has 0 saturated heterocycles. The molecule has 0 heterocycles. The van der Waals surface area contributed by atoms with E-state index in [0.29, 0.717) is 5.69 Å². The molecule has 0 spiro atoms. The quantitative estimate of drug-likeness (QED) is 0.922. The molecule has 2 rings (SSSR count). The van der Waals surface area contributed by atoms with Crippen molar-refractivity contribution in [1.29, 1.82) is 0 Å². The number of hydrogen-bond acceptors (Lipinski definition) is 2. The Kier molecular flexibility index (Phi) is 3.96. The maximum Gasteiger partial charge on any atom is 0.261 e. The maximum atomic E-state index is 12.2. The Labute approximate surface area is 121 Å². The van der Waals surface area contributed by atoms with Crippen LogP contribution in [0, 0.1) is 13.8 Å². The Morgan fingerprint density at radius 1 is 1.00 bits per heavy atom. The van der Waals surface area contributed by atoms with E-state index < -0.39 is 10.0 Å². The summed E-state index contributed by atoms with van der Waals surface area (Å²) in [5, 5.41) is 0. The smallest absolute Gasteiger partial charge is 0.261 e. The molecule has 19 heavy (non-hydrogen) atoms. The summed E-state index contributed by atoms with van der Waals surface area (Å²) in [7, 11) is -3.54. The minimum atomic E-state index is -3.54. The molecular weight excluding hydrogens is 326 g/mol. The molecule has 5 heteroatoms. The van der Waals surface area contributed by atoms with Gasteiger partial charge < -0.3 is 0 Å². The van der Waals surface area contributed by atoms with Crippen molar-refractivity contribution in [2.24, 2.45) is 0 Å². The third-order valence-electron chi connectivity index (χ3n) is 2.97. The van der Waals surface area contributed by atoms with Crippen LogP contribution in [0.3, 0.4) is 0 Å². The highest BCUT2D eigenvalue weighted by Crippen LogP contribution is 2.22. The first-order chi connectivity index (χ1) is 8.90. The van der Waals surface area contributed by atoms with Gasteiger partial charge in [-0.1, -0.05) is 28.1 Å². The zero-order valence-electron chi connectivity index (χ0n) is 10.6. The van der Waals surface area contributed by atoms with E-state index in [1.54, 1.807) is 30.3 Å². The lowest BCUT2D eigenvalue weighted by Crippen LogP contribution is -2.13. The van der Waals surface area contributed by atoms with Crippen molar-refractivity contribution in [1.82, 2.24) is 0 Å². The summed E-state index contributed by atoms with van der Waals surface area (Å²) < 4.78 is 28.0. The first-order valence-electron chi connectivity index (χ1n) is 5.75. The average molecular weight is 340 g/mol. The lowest BCUT2D eigenvalue weighted by molar-refractivity contribution is 0.601. The Bertz CT molecular complexity index is 694. The Morgan fingerprint density at radius 2 is 1.63 bits per heavy atom. The van der Waals surface area contributed by atoms with Gasteiger partial charge in [0.1, 0.15) is 0 Å². The van der Waals surface area contributed by atoms with Crippen LogP contribution in [0.5, 0.6) is 0 Å². The van der Waals surface area contributed by atoms with Gasteiger partial charge in [0, 0.05) is 4.47 Å². The summed E-state index contributed by atoms with van der Waals surface area (Å²) in [5.74, 6) is 0. The van der Waals surface area contributed by atoms with Crippen molar-refractivity contribution in [3.63, 3.8) is 0 Å². The average Bonchev–Trinajstić information content (AvgIpc) is 2.35. The normalized spacial score (nSPS) is 11.3. The van der Waals surface area contributed by atoms with E-state index >= 15 is 0 Å². The molecule has 0 unspecified atom stereocenters. The maximum absolute atomic E-state index is 12.2. The molecule has 0 aliphatic carbocycles. The Hall–Kier alpha value is -1.33. The predicted molar refractivity (Wildman–Crippen MR) is 80.9 cm³/mol. The number of sulfonamides is 1. The van der Waals surface area contributed by atoms with E-state index in [1.165, 1.54) is 0 Å². The van der Waals surface area contributed by atoms with E-state index in [2.05, 4.69) is 20.7 Å². The van der Waals surface area contributed by atoms with Gasteiger partial charge in [0.05, 0.1) is 10.6 Å². The summed E-state index contributed by atoms with van der Waals surface area (Å²) in [6.45, 7) is 3.85. The van der Waals surface area contributed by atoms with Gasteiger partial charge in [0.25, 0.3) is 10.0 Å². The van der Waals surface area contributed by atoms with E-state index in [-0.39, 0.29) is 4.90 Å². The fourth-order valence-corrected chi connectivity index (χ4v) is 3.07. The molecule has 2 aromatic carbocycles. The largest absolute Gasteiger partial charge is 0.279 e. The summed E-state index contributed by atoms with van der Waals surface area (Å²) in [6.07, 6.45) is 0. The fourth-order valence-electron chi connectivity index (χ4n) is 1.68. The van der Waals surface area contributed by atoms with Crippen LogP contribution in [0.15, 0.2) is 51.8 Å². The van der Waals surface area contributed by atoms with Crippen LogP contribution in [0.4, 0.5) is 5.69 Å². The molecule has 0 aliphatic rings. The van der Waals surface area contributed by atoms with Crippen LogP contribution >= 0.6 is 15.9 Å². The van der Waals surface area contributed by atoms with Gasteiger partial charge in [-0.2, -0.15) is 0 Å². The van der Waals surface area contributed by atoms with Crippen LogP contribution in [0.1, 0.15) is 11.1 Å². The zero-order valence-corrected chi connectivity index (χ0v) is 13.0. The van der Waals surface area contributed by atoms with Gasteiger partial charge >= 0.3 is 0 Å². The predicted octanol–water partition coefficient (Wildman–Crippen LogP) is 3.87. The van der Waals surface area contributed by atoms with Crippen LogP contribution in [-0.2, 0) is 10.0 Å². The van der Waals surface area contributed by atoms with Gasteiger partial charge in [0.2, 0.25) is 0 Å². The summed E-state index contributed by atoms with van der Waals surface area (Å²) in [6, 6.07) is 12.1. The highest BCUT2D eigenvalue weighted by atomic mass is 79.9. The molecule has 0 radical (unpaired) electrons. The Balaban J connectivity index is 2.36. The number of aryl methyl sites for hydroxylation is 1. The second-order valence-electron chi connectivity index (χ2n) is 4.31. The van der Waals surface area contributed by atoms with Gasteiger partial charge in [-0.15, -0.1) is 0 Å². The van der Waals surface area contributed by atoms with E-state index in [9.17, 15) is 8.42 Å². The van der Waals surface area contributed by atoms with Crippen LogP contribution in [-0.4, -0.2) is 8.42 Å². The van der Waals surface area contributed by atoms with Gasteiger partial charge in [-0.05, 0) is 55.3 Å². The van der Waals surface area contributed by atoms with Crippen LogP contribution in [0.2, 0.25) is 0 Å². The first kappa shape index (κ1) is 14.1. The minimum Gasteiger partial charge on any atom is -0.279 e. The SMILES string of the molecule is Cc1cccc(NS(=O)(=O)c2ccc(Br)cc2)c1C. The van der Waals surface area contributed by atoms with E-state index in [1.807, 2.05) is 26.0 Å². The van der Waals surface area contributed by atoms with Crippen molar-refractivity contribution < 1.29 is 8.42 Å². The van der Waals surface area contributed by atoms with E-state index in [0.717, 1.165) is 15.6 Å². The highest BCUT2D eigenvalue weighted by Gasteiger charge is 2.15. The second kappa shape index (κ2) is 5.35. The summed E-state index contributed by atoms with van der Waals surface area (Å²) in [5.41, 5.74) is 2.60. The molecule has 100 valence electrons. The lowest BCUT2D eigenvalue weighted by atomic mass is 10.1. The molecule has 2 aromatic rings. The number of hydrogen-bond donors (Lipinski definition) is 1. The van der Waals surface area contributed by atoms with Crippen molar-refractivity contribution in [3.8, 4) is 0 Å². The monoisotopic (exact) mass is 339 g/mol. The Morgan fingerprint density at radius 3 is 2.26 bits per heavy atom. The molecule has 0 aromatic heterocycles. The topological polar surface area (TPSA) is 46.2 Å². The fraction of sp³-hybridized carbons (Fsp3) is 0.143. The molecule has 0 saturated carbocycles. The summed E-state index contributed by atoms with van der Waals surface area (Å²) in [4.78, 5) is 0.247. The first-order valence-corrected chi connectivity index (χ1v) is 8.02. The molecule has 1 N–H and O–H groups in total. The summed E-state index contributed by atoms with van der Waals surface area (Å²) >= 11 is 3.28. The number of anilines is 1. The molecule has 0 bridgehead atoms. The number of benzene rings is 2. The highest BCUT2D eigenvalue weighted by molar-refractivity contribution is 9.10. The van der Waals surface area contributed by atoms with Gasteiger partial charge in [-0.25, -0.2) is 8.42 Å². The third kappa shape index (κ3) is 3.16. The van der Waals surface area contributed by atoms with Gasteiger partial charge in [0.15, 0.2) is 0 Å².